The molecule has 8 heteroatoms. The fourth-order valence-electron chi connectivity index (χ4n) is 4.55. The molecule has 1 aliphatic carbocycles. The van der Waals surface area contributed by atoms with Crippen LogP contribution in [0, 0.1) is 5.92 Å². The summed E-state index contributed by atoms with van der Waals surface area (Å²) in [5.41, 5.74) is 7.03. The van der Waals surface area contributed by atoms with E-state index in [2.05, 4.69) is 24.8 Å². The fraction of sp³-hybridized carbons (Fsp3) is 0.667. The molecular weight excluding hydrogens is 413 g/mol. The van der Waals surface area contributed by atoms with E-state index in [4.69, 9.17) is 15.2 Å². The van der Waals surface area contributed by atoms with Gasteiger partial charge in [-0.25, -0.2) is 0 Å². The first-order chi connectivity index (χ1) is 12.9. The van der Waals surface area contributed by atoms with Crippen LogP contribution in [0.4, 0.5) is 5.69 Å². The molecule has 1 aliphatic heterocycles. The average Bonchev–Trinajstić information content (AvgIpc) is 2.67. The predicted molar refractivity (Wildman–Crippen MR) is 122 cm³/mol. The standard InChI is InChI=1S/C21H33N3O3.2ClH/c1-21(2)14-23(20(25)15-9-10-16(22)19(13-15)27-4)11-12-24(21)17-7-5-6-8-18(17)26-3;;/h5-8,15-16,19H,9-14,22H2,1-4H3;2*1H/t15-,16+,19+;;/m0../s1. The molecule has 2 N–H and O–H groups in total. The molecule has 0 spiro atoms. The molecule has 2 aliphatic rings. The molecule has 6 nitrogen and oxygen atoms in total. The number of benzene rings is 1. The Balaban J connectivity index is 0.00000210. The van der Waals surface area contributed by atoms with Crippen molar-refractivity contribution in [3.05, 3.63) is 24.3 Å². The Kier molecular flexibility index (Phi) is 9.54. The number of nitrogens with zero attached hydrogens (tertiary/aromatic N) is 2. The summed E-state index contributed by atoms with van der Waals surface area (Å²) in [5.74, 6) is 1.13. The minimum Gasteiger partial charge on any atom is -0.495 e. The number of carbonyl (C=O) groups is 1. The Morgan fingerprint density at radius 3 is 2.45 bits per heavy atom. The second-order valence-electron chi connectivity index (χ2n) is 8.34. The number of para-hydroxylation sites is 2. The zero-order valence-electron chi connectivity index (χ0n) is 17.8. The maximum atomic E-state index is 13.2. The minimum atomic E-state index is -0.172. The lowest BCUT2D eigenvalue weighted by Crippen LogP contribution is -2.62. The van der Waals surface area contributed by atoms with Gasteiger partial charge in [0.15, 0.2) is 0 Å². The number of hydrogen-bond acceptors (Lipinski definition) is 5. The van der Waals surface area contributed by atoms with Gasteiger partial charge < -0.3 is 25.0 Å². The molecule has 166 valence electrons. The van der Waals surface area contributed by atoms with E-state index < -0.39 is 0 Å². The van der Waals surface area contributed by atoms with Crippen molar-refractivity contribution in [1.29, 1.82) is 0 Å². The number of anilines is 1. The SMILES string of the molecule is COc1ccccc1N1CCN(C(=O)[C@H]2CC[C@@H](N)[C@H](OC)C2)CC1(C)C.Cl.Cl. The van der Waals surface area contributed by atoms with Gasteiger partial charge in [-0.1, -0.05) is 12.1 Å². The highest BCUT2D eigenvalue weighted by molar-refractivity contribution is 5.85. The topological polar surface area (TPSA) is 68.0 Å². The number of piperazine rings is 1. The van der Waals surface area contributed by atoms with Crippen molar-refractivity contribution in [2.75, 3.05) is 38.8 Å². The molecule has 0 aromatic heterocycles. The Hall–Kier alpha value is -1.21. The van der Waals surface area contributed by atoms with Crippen LogP contribution >= 0.6 is 24.8 Å². The highest BCUT2D eigenvalue weighted by Crippen LogP contribution is 2.36. The van der Waals surface area contributed by atoms with Crippen LogP contribution in [0.1, 0.15) is 33.1 Å². The van der Waals surface area contributed by atoms with Crippen LogP contribution in [0.2, 0.25) is 0 Å². The van der Waals surface area contributed by atoms with Crippen molar-refractivity contribution in [2.45, 2.75) is 50.8 Å². The number of ether oxygens (including phenoxy) is 2. The number of amides is 1. The zero-order valence-corrected chi connectivity index (χ0v) is 19.4. The molecule has 1 amide bonds. The van der Waals surface area contributed by atoms with Crippen LogP contribution in [0.15, 0.2) is 24.3 Å². The molecule has 0 radical (unpaired) electrons. The van der Waals surface area contributed by atoms with E-state index in [1.54, 1.807) is 14.2 Å². The van der Waals surface area contributed by atoms with E-state index in [-0.39, 0.29) is 54.3 Å². The Morgan fingerprint density at radius 1 is 1.14 bits per heavy atom. The summed E-state index contributed by atoms with van der Waals surface area (Å²) in [4.78, 5) is 17.5. The molecule has 3 atom stereocenters. The highest BCUT2D eigenvalue weighted by Gasteiger charge is 2.40. The number of methoxy groups -OCH3 is 2. The molecule has 29 heavy (non-hydrogen) atoms. The lowest BCUT2D eigenvalue weighted by molar-refractivity contribution is -0.140. The second-order valence-corrected chi connectivity index (χ2v) is 8.34. The quantitative estimate of drug-likeness (QED) is 0.767. The summed E-state index contributed by atoms with van der Waals surface area (Å²) in [6, 6.07) is 8.12. The van der Waals surface area contributed by atoms with Crippen molar-refractivity contribution in [2.24, 2.45) is 11.7 Å². The first kappa shape index (κ1) is 25.8. The van der Waals surface area contributed by atoms with Crippen molar-refractivity contribution >= 4 is 36.4 Å². The lowest BCUT2D eigenvalue weighted by atomic mass is 9.83. The zero-order chi connectivity index (χ0) is 19.6. The van der Waals surface area contributed by atoms with E-state index in [0.717, 1.165) is 43.8 Å². The third-order valence-corrected chi connectivity index (χ3v) is 6.08. The number of hydrogen-bond donors (Lipinski definition) is 1. The molecule has 0 unspecified atom stereocenters. The van der Waals surface area contributed by atoms with E-state index in [9.17, 15) is 4.79 Å². The van der Waals surface area contributed by atoms with Gasteiger partial charge in [0.05, 0.1) is 24.4 Å². The fourth-order valence-corrected chi connectivity index (χ4v) is 4.55. The monoisotopic (exact) mass is 447 g/mol. The summed E-state index contributed by atoms with van der Waals surface area (Å²) < 4.78 is 11.0. The van der Waals surface area contributed by atoms with Crippen LogP contribution in [-0.2, 0) is 9.53 Å². The normalized spacial score (nSPS) is 26.2. The van der Waals surface area contributed by atoms with E-state index in [0.29, 0.717) is 6.54 Å². The molecule has 0 bridgehead atoms. The number of rotatable bonds is 4. The first-order valence-electron chi connectivity index (χ1n) is 9.85. The van der Waals surface area contributed by atoms with Crippen LogP contribution in [0.3, 0.4) is 0 Å². The molecule has 3 rings (SSSR count). The lowest BCUT2D eigenvalue weighted by Gasteiger charge is -2.49. The van der Waals surface area contributed by atoms with Crippen LogP contribution in [0.5, 0.6) is 5.75 Å². The molecule has 1 aromatic carbocycles. The van der Waals surface area contributed by atoms with Crippen molar-refractivity contribution in [3.8, 4) is 5.75 Å². The summed E-state index contributed by atoms with van der Waals surface area (Å²) in [7, 11) is 3.39. The van der Waals surface area contributed by atoms with Crippen molar-refractivity contribution in [1.82, 2.24) is 4.90 Å². The summed E-state index contributed by atoms with van der Waals surface area (Å²) in [6.45, 7) is 6.59. The van der Waals surface area contributed by atoms with E-state index in [1.165, 1.54) is 0 Å². The third kappa shape index (κ3) is 5.48. The van der Waals surface area contributed by atoms with Gasteiger partial charge in [-0.2, -0.15) is 0 Å². The van der Waals surface area contributed by atoms with Crippen molar-refractivity contribution in [3.63, 3.8) is 0 Å². The first-order valence-corrected chi connectivity index (χ1v) is 9.85. The van der Waals surface area contributed by atoms with Gasteiger partial charge in [0.25, 0.3) is 0 Å². The predicted octanol–water partition coefficient (Wildman–Crippen LogP) is 3.11. The summed E-state index contributed by atoms with van der Waals surface area (Å²) in [5, 5.41) is 0. The Labute approximate surface area is 186 Å². The summed E-state index contributed by atoms with van der Waals surface area (Å²) in [6.07, 6.45) is 2.41. The van der Waals surface area contributed by atoms with Crippen LogP contribution in [-0.4, -0.2) is 62.3 Å². The van der Waals surface area contributed by atoms with Gasteiger partial charge in [0.2, 0.25) is 5.91 Å². The molecule has 1 heterocycles. The smallest absolute Gasteiger partial charge is 0.225 e. The maximum Gasteiger partial charge on any atom is 0.225 e. The van der Waals surface area contributed by atoms with E-state index in [1.807, 2.05) is 23.1 Å². The molecule has 1 saturated carbocycles. The molecule has 2 fully saturated rings. The average molecular weight is 448 g/mol. The Morgan fingerprint density at radius 2 is 1.83 bits per heavy atom. The third-order valence-electron chi connectivity index (χ3n) is 6.08. The minimum absolute atomic E-state index is 0. The molecular formula is C21H35Cl2N3O3. The van der Waals surface area contributed by atoms with Gasteiger partial charge in [-0.05, 0) is 45.2 Å². The molecule has 1 saturated heterocycles. The number of nitrogens with two attached hydrogens (primary N) is 1. The second kappa shape index (κ2) is 10.7. The van der Waals surface area contributed by atoms with E-state index >= 15 is 0 Å². The van der Waals surface area contributed by atoms with Crippen LogP contribution < -0.4 is 15.4 Å². The van der Waals surface area contributed by atoms with Gasteiger partial charge >= 0.3 is 0 Å². The molecule has 1 aromatic rings. The van der Waals surface area contributed by atoms with Gasteiger partial charge in [-0.3, -0.25) is 4.79 Å². The highest BCUT2D eigenvalue weighted by atomic mass is 35.5. The largest absolute Gasteiger partial charge is 0.495 e. The Bertz CT molecular complexity index is 674. The van der Waals surface area contributed by atoms with Gasteiger partial charge in [0, 0.05) is 38.7 Å². The maximum absolute atomic E-state index is 13.2. The van der Waals surface area contributed by atoms with Gasteiger partial charge in [0.1, 0.15) is 5.75 Å². The number of carbonyl (C=O) groups excluding carboxylic acids is 1. The number of halogens is 2. The van der Waals surface area contributed by atoms with Crippen LogP contribution in [0.25, 0.3) is 0 Å². The van der Waals surface area contributed by atoms with Gasteiger partial charge in [-0.15, -0.1) is 24.8 Å². The van der Waals surface area contributed by atoms with Crippen molar-refractivity contribution < 1.29 is 14.3 Å². The summed E-state index contributed by atoms with van der Waals surface area (Å²) >= 11 is 0.